The van der Waals surface area contributed by atoms with E-state index < -0.39 is 63.4 Å². The van der Waals surface area contributed by atoms with Crippen LogP contribution < -0.4 is 25.8 Å². The van der Waals surface area contributed by atoms with Crippen LogP contribution in [-0.4, -0.2) is 100.0 Å². The van der Waals surface area contributed by atoms with Crippen molar-refractivity contribution in [1.82, 2.24) is 20.3 Å². The molecule has 16 nitrogen and oxygen atoms in total. The van der Waals surface area contributed by atoms with Gasteiger partial charge in [0, 0.05) is 25.9 Å². The predicted octanol–water partition coefficient (Wildman–Crippen LogP) is 4.28. The van der Waals surface area contributed by atoms with Crippen molar-refractivity contribution in [3.05, 3.63) is 70.8 Å². The van der Waals surface area contributed by atoms with E-state index in [9.17, 15) is 32.4 Å². The molecule has 0 spiro atoms. The highest BCUT2D eigenvalue weighted by atomic mass is 32.2. The van der Waals surface area contributed by atoms with Crippen LogP contribution in [0.25, 0.3) is 10.8 Å². The summed E-state index contributed by atoms with van der Waals surface area (Å²) >= 11 is 0. The van der Waals surface area contributed by atoms with Gasteiger partial charge in [-0.15, -0.1) is 0 Å². The Hall–Kier alpha value is -5.71. The van der Waals surface area contributed by atoms with Crippen LogP contribution in [0, 0.1) is 20.8 Å². The van der Waals surface area contributed by atoms with Crippen LogP contribution in [0.2, 0.25) is 0 Å². The fourth-order valence-corrected chi connectivity index (χ4v) is 8.77. The number of aliphatic imine (C=N–C) groups is 1. The first-order valence-electron chi connectivity index (χ1n) is 19.9. The van der Waals surface area contributed by atoms with Gasteiger partial charge in [0.25, 0.3) is 10.0 Å². The van der Waals surface area contributed by atoms with Gasteiger partial charge in [-0.2, -0.15) is 0 Å². The number of sulfonamides is 1. The van der Waals surface area contributed by atoms with E-state index in [-0.39, 0.29) is 56.0 Å². The largest absolute Gasteiger partial charge is 0.496 e. The van der Waals surface area contributed by atoms with Crippen molar-refractivity contribution in [2.24, 2.45) is 10.7 Å². The van der Waals surface area contributed by atoms with Gasteiger partial charge >= 0.3 is 12.1 Å². The summed E-state index contributed by atoms with van der Waals surface area (Å²) < 4.78 is 44.5. The summed E-state index contributed by atoms with van der Waals surface area (Å²) in [5.41, 5.74) is 7.61. The second-order valence-electron chi connectivity index (χ2n) is 15.8. The van der Waals surface area contributed by atoms with E-state index in [1.54, 1.807) is 47.6 Å². The van der Waals surface area contributed by atoms with Crippen molar-refractivity contribution in [3.8, 4) is 5.75 Å². The van der Waals surface area contributed by atoms with Crippen molar-refractivity contribution < 1.29 is 46.6 Å². The lowest BCUT2D eigenvalue weighted by Crippen LogP contribution is -2.56. The molecule has 0 aromatic heterocycles. The number of alkyl carbamates (subject to hydrolysis) is 1. The maximum Gasteiger partial charge on any atom is 0.408 e. The fourth-order valence-electron chi connectivity index (χ4n) is 7.29. The average molecular weight is 851 g/mol. The number of nitrogens with zero attached hydrogens (tertiary/aromatic N) is 2. The third-order valence-electron chi connectivity index (χ3n) is 10.3. The zero-order valence-electron chi connectivity index (χ0n) is 35.7. The molecule has 3 aromatic carbocycles. The summed E-state index contributed by atoms with van der Waals surface area (Å²) in [5, 5.41) is 7.41. The Morgan fingerprint density at radius 1 is 0.950 bits per heavy atom. The Balaban J connectivity index is 1.50. The molecule has 0 aliphatic carbocycles. The minimum atomic E-state index is -4.12. The first-order chi connectivity index (χ1) is 28.3. The van der Waals surface area contributed by atoms with E-state index in [1.165, 1.54) is 19.1 Å². The quantitative estimate of drug-likeness (QED) is 0.0649. The molecule has 1 aliphatic rings. The third-order valence-corrected chi connectivity index (χ3v) is 11.9. The molecule has 0 radical (unpaired) electrons. The standard InChI is InChI=1S/C43H58N6O10S/c1-26-24-36(57-7)27(2)28(3)38(26)60(55,56)48-41(44)45-22-12-18-32(35(50)20-21-37(51)58-8)46-39(52)34-19-13-23-49(34)40(53)33(47-42(54)59-43(4,5)6)25-30-16-11-15-29-14-9-10-17-31(29)30/h9-11,14-17,24,32-34H,12-13,18-23,25H2,1-8H3,(H,46,52)(H,47,54)(H3,44,45,48)/t32?,33?,34-/m0/s1. The first-order valence-corrected chi connectivity index (χ1v) is 21.4. The second-order valence-corrected chi connectivity index (χ2v) is 17.4. The number of guanidine groups is 1. The average Bonchev–Trinajstić information content (AvgIpc) is 3.68. The van der Waals surface area contributed by atoms with Crippen LogP contribution in [-0.2, 0) is 45.1 Å². The van der Waals surface area contributed by atoms with Gasteiger partial charge in [0.2, 0.25) is 17.8 Å². The zero-order valence-corrected chi connectivity index (χ0v) is 36.5. The Labute approximate surface area is 352 Å². The molecule has 1 aliphatic heterocycles. The number of hydrogen-bond donors (Lipinski definition) is 4. The number of aryl methyl sites for hydroxylation is 1. The summed E-state index contributed by atoms with van der Waals surface area (Å²) in [6.07, 6.45) is -0.0276. The van der Waals surface area contributed by atoms with E-state index in [2.05, 4.69) is 20.3 Å². The summed E-state index contributed by atoms with van der Waals surface area (Å²) in [4.78, 5) is 72.4. The molecule has 0 saturated carbocycles. The molecule has 0 bridgehead atoms. The molecule has 1 heterocycles. The highest BCUT2D eigenvalue weighted by Gasteiger charge is 2.39. The first kappa shape index (κ1) is 47.0. The van der Waals surface area contributed by atoms with Crippen LogP contribution in [0.5, 0.6) is 5.75 Å². The minimum absolute atomic E-state index is 0.00909. The number of hydrogen-bond acceptors (Lipinski definition) is 11. The maximum atomic E-state index is 14.4. The number of esters is 1. The molecule has 5 N–H and O–H groups in total. The van der Waals surface area contributed by atoms with Crippen LogP contribution >= 0.6 is 0 Å². The highest BCUT2D eigenvalue weighted by molar-refractivity contribution is 7.90. The number of rotatable bonds is 17. The van der Waals surface area contributed by atoms with Gasteiger partial charge in [0.05, 0.1) is 31.6 Å². The lowest BCUT2D eigenvalue weighted by atomic mass is 9.98. The molecule has 1 saturated heterocycles. The molecular weight excluding hydrogens is 793 g/mol. The molecule has 60 heavy (non-hydrogen) atoms. The van der Waals surface area contributed by atoms with E-state index in [0.717, 1.165) is 16.3 Å². The number of ether oxygens (including phenoxy) is 3. The normalized spacial score (nSPS) is 15.5. The zero-order chi connectivity index (χ0) is 44.4. The van der Waals surface area contributed by atoms with E-state index >= 15 is 0 Å². The fraction of sp³-hybridized carbons (Fsp3) is 0.488. The van der Waals surface area contributed by atoms with Crippen molar-refractivity contribution in [2.45, 2.75) is 115 Å². The number of likely N-dealkylation sites (tertiary alicyclic amines) is 1. The maximum absolute atomic E-state index is 14.4. The number of Topliss-reactive ketones (excluding diaryl/α,β-unsaturated/α-hetero) is 1. The Morgan fingerprint density at radius 2 is 1.65 bits per heavy atom. The highest BCUT2D eigenvalue weighted by Crippen LogP contribution is 2.30. The number of nitrogens with one attached hydrogen (secondary N) is 3. The minimum Gasteiger partial charge on any atom is -0.496 e. The van der Waals surface area contributed by atoms with Gasteiger partial charge in [0.1, 0.15) is 23.4 Å². The van der Waals surface area contributed by atoms with Gasteiger partial charge < -0.3 is 35.5 Å². The number of methoxy groups -OCH3 is 2. The van der Waals surface area contributed by atoms with Gasteiger partial charge in [-0.25, -0.2) is 17.9 Å². The predicted molar refractivity (Wildman–Crippen MR) is 227 cm³/mol. The molecule has 326 valence electrons. The molecule has 2 unspecified atom stereocenters. The Bertz CT molecular complexity index is 2210. The van der Waals surface area contributed by atoms with E-state index in [1.807, 2.05) is 42.5 Å². The number of carbonyl (C=O) groups excluding carboxylic acids is 5. The van der Waals surface area contributed by atoms with Gasteiger partial charge in [-0.05, 0) is 106 Å². The van der Waals surface area contributed by atoms with E-state index in [0.29, 0.717) is 35.3 Å². The van der Waals surface area contributed by atoms with Crippen molar-refractivity contribution in [3.63, 3.8) is 0 Å². The molecule has 17 heteroatoms. The number of carbonyl (C=O) groups is 5. The van der Waals surface area contributed by atoms with Gasteiger partial charge in [0.15, 0.2) is 5.78 Å². The van der Waals surface area contributed by atoms with Crippen LogP contribution in [0.15, 0.2) is 58.4 Å². The number of benzene rings is 3. The smallest absolute Gasteiger partial charge is 0.408 e. The molecular formula is C43H58N6O10S. The Morgan fingerprint density at radius 3 is 2.33 bits per heavy atom. The monoisotopic (exact) mass is 850 g/mol. The molecule has 4 rings (SSSR count). The second kappa shape index (κ2) is 20.5. The molecule has 1 fully saturated rings. The van der Waals surface area contributed by atoms with Crippen LogP contribution in [0.3, 0.4) is 0 Å². The summed E-state index contributed by atoms with van der Waals surface area (Å²) in [7, 11) is -1.41. The van der Waals surface area contributed by atoms with Crippen molar-refractivity contribution in [1.29, 1.82) is 0 Å². The lowest BCUT2D eigenvalue weighted by Gasteiger charge is -2.30. The summed E-state index contributed by atoms with van der Waals surface area (Å²) in [5.74, 6) is -1.91. The van der Waals surface area contributed by atoms with E-state index in [4.69, 9.17) is 19.9 Å². The topological polar surface area (TPSA) is 225 Å². The van der Waals surface area contributed by atoms with Gasteiger partial charge in [-0.3, -0.25) is 24.2 Å². The third kappa shape index (κ3) is 12.4. The summed E-state index contributed by atoms with van der Waals surface area (Å²) in [6, 6.07) is 11.9. The number of nitrogens with two attached hydrogens (primary N) is 1. The summed E-state index contributed by atoms with van der Waals surface area (Å²) in [6.45, 7) is 10.4. The molecule has 3 atom stereocenters. The van der Waals surface area contributed by atoms with Crippen molar-refractivity contribution >= 4 is 56.4 Å². The lowest BCUT2D eigenvalue weighted by molar-refractivity contribution is -0.142. The number of amides is 3. The molecule has 3 amide bonds. The Kier molecular flexibility index (Phi) is 16.1. The molecule has 3 aromatic rings. The number of fused-ring (bicyclic) bond motifs is 1. The van der Waals surface area contributed by atoms with Crippen LogP contribution in [0.1, 0.15) is 81.5 Å². The van der Waals surface area contributed by atoms with Crippen molar-refractivity contribution in [2.75, 3.05) is 27.3 Å². The van der Waals surface area contributed by atoms with Crippen LogP contribution in [0.4, 0.5) is 4.79 Å². The number of ketones is 1. The SMILES string of the molecule is COC(=O)CCC(=O)C(CCCN=C(N)NS(=O)(=O)c1c(C)cc(OC)c(C)c1C)NC(=O)[C@@H]1CCCN1C(=O)C(Cc1cccc2ccccc12)NC(=O)OC(C)(C)C. The van der Waals surface area contributed by atoms with Gasteiger partial charge in [-0.1, -0.05) is 42.5 Å².